The van der Waals surface area contributed by atoms with Crippen LogP contribution in [0.15, 0.2) is 24.3 Å². The van der Waals surface area contributed by atoms with Crippen LogP contribution < -0.4 is 0 Å². The van der Waals surface area contributed by atoms with Crippen molar-refractivity contribution >= 4 is 5.97 Å². The molecule has 1 aromatic carbocycles. The second kappa shape index (κ2) is 4.97. The zero-order valence-electron chi connectivity index (χ0n) is 11.3. The van der Waals surface area contributed by atoms with Gasteiger partial charge in [-0.15, -0.1) is 0 Å². The molecular formula is C16H21NO2. The van der Waals surface area contributed by atoms with Gasteiger partial charge in [-0.1, -0.05) is 24.3 Å². The minimum Gasteiger partial charge on any atom is -0.481 e. The Morgan fingerprint density at radius 2 is 1.95 bits per heavy atom. The van der Waals surface area contributed by atoms with E-state index in [4.69, 9.17) is 5.11 Å². The van der Waals surface area contributed by atoms with E-state index in [1.165, 1.54) is 31.2 Å². The van der Waals surface area contributed by atoms with Crippen molar-refractivity contribution in [3.63, 3.8) is 0 Å². The Morgan fingerprint density at radius 3 is 2.68 bits per heavy atom. The average molecular weight is 259 g/mol. The summed E-state index contributed by atoms with van der Waals surface area (Å²) in [6.45, 7) is 2.79. The third-order valence-electron chi connectivity index (χ3n) is 4.92. The number of fused-ring (bicyclic) bond motifs is 2. The smallest absolute Gasteiger partial charge is 0.304 e. The summed E-state index contributed by atoms with van der Waals surface area (Å²) in [6.07, 6.45) is 5.13. The van der Waals surface area contributed by atoms with Crippen LogP contribution >= 0.6 is 0 Å². The second-order valence-corrected chi connectivity index (χ2v) is 5.92. The molecule has 0 radical (unpaired) electrons. The number of hydrogen-bond acceptors (Lipinski definition) is 2. The lowest BCUT2D eigenvalue weighted by atomic mass is 9.74. The van der Waals surface area contributed by atoms with Crippen molar-refractivity contribution in [3.8, 4) is 0 Å². The molecule has 19 heavy (non-hydrogen) atoms. The van der Waals surface area contributed by atoms with Gasteiger partial charge in [0.1, 0.15) is 0 Å². The molecule has 0 unspecified atom stereocenters. The van der Waals surface area contributed by atoms with Gasteiger partial charge < -0.3 is 10.0 Å². The lowest BCUT2D eigenvalue weighted by Crippen LogP contribution is -2.42. The Balaban J connectivity index is 1.66. The van der Waals surface area contributed by atoms with Gasteiger partial charge in [0, 0.05) is 6.54 Å². The van der Waals surface area contributed by atoms with Crippen LogP contribution in [0.3, 0.4) is 0 Å². The molecular weight excluding hydrogens is 238 g/mol. The minimum atomic E-state index is -0.688. The molecule has 1 heterocycles. The average Bonchev–Trinajstić information content (AvgIpc) is 2.78. The van der Waals surface area contributed by atoms with Crippen molar-refractivity contribution in [1.82, 2.24) is 4.90 Å². The van der Waals surface area contributed by atoms with Crippen molar-refractivity contribution in [2.24, 2.45) is 0 Å². The normalized spacial score (nSPS) is 21.5. The number of aliphatic carboxylic acids is 1. The predicted octanol–water partition coefficient (Wildman–Crippen LogP) is 2.44. The molecule has 1 aliphatic carbocycles. The monoisotopic (exact) mass is 259 g/mol. The molecule has 0 aromatic heterocycles. The largest absolute Gasteiger partial charge is 0.481 e. The molecule has 1 N–H and O–H groups in total. The zero-order chi connectivity index (χ0) is 13.3. The number of aryl methyl sites for hydroxylation is 1. The Labute approximate surface area is 114 Å². The van der Waals surface area contributed by atoms with E-state index >= 15 is 0 Å². The van der Waals surface area contributed by atoms with Crippen LogP contribution in [-0.2, 0) is 16.6 Å². The SMILES string of the molecule is O=C(O)CCN1CCC2(CCc3ccccc32)CC1. The molecule has 0 bridgehead atoms. The number of carboxylic acids is 1. The molecule has 0 atom stereocenters. The number of piperidine rings is 1. The van der Waals surface area contributed by atoms with Crippen molar-refractivity contribution in [2.75, 3.05) is 19.6 Å². The molecule has 3 rings (SSSR count). The summed E-state index contributed by atoms with van der Waals surface area (Å²) in [4.78, 5) is 12.9. The van der Waals surface area contributed by atoms with Gasteiger partial charge in [0.25, 0.3) is 0 Å². The molecule has 102 valence electrons. The highest BCUT2D eigenvalue weighted by Gasteiger charge is 2.40. The van der Waals surface area contributed by atoms with E-state index in [9.17, 15) is 4.79 Å². The van der Waals surface area contributed by atoms with E-state index in [2.05, 4.69) is 29.2 Å². The Kier molecular flexibility index (Phi) is 3.31. The predicted molar refractivity (Wildman–Crippen MR) is 74.4 cm³/mol. The number of benzene rings is 1. The first-order valence-electron chi connectivity index (χ1n) is 7.22. The van der Waals surface area contributed by atoms with Crippen molar-refractivity contribution < 1.29 is 9.90 Å². The summed E-state index contributed by atoms with van der Waals surface area (Å²) in [5.41, 5.74) is 3.48. The molecule has 1 fully saturated rings. The maximum absolute atomic E-state index is 10.6. The summed E-state index contributed by atoms with van der Waals surface area (Å²) >= 11 is 0. The number of hydrogen-bond donors (Lipinski definition) is 1. The first-order valence-corrected chi connectivity index (χ1v) is 7.22. The van der Waals surface area contributed by atoms with Gasteiger partial charge in [-0.25, -0.2) is 0 Å². The van der Waals surface area contributed by atoms with Gasteiger partial charge in [-0.3, -0.25) is 4.79 Å². The number of nitrogens with zero attached hydrogens (tertiary/aromatic N) is 1. The van der Waals surface area contributed by atoms with Gasteiger partial charge in [-0.05, 0) is 55.3 Å². The standard InChI is InChI=1S/C16H21NO2/c18-15(19)6-10-17-11-8-16(9-12-17)7-5-13-3-1-2-4-14(13)16/h1-4H,5-12H2,(H,18,19). The topological polar surface area (TPSA) is 40.5 Å². The van der Waals surface area contributed by atoms with E-state index in [0.717, 1.165) is 13.1 Å². The van der Waals surface area contributed by atoms with E-state index in [1.807, 2.05) is 0 Å². The fourth-order valence-electron chi connectivity index (χ4n) is 3.74. The van der Waals surface area contributed by atoms with Crippen LogP contribution in [0.25, 0.3) is 0 Å². The van der Waals surface area contributed by atoms with Gasteiger partial charge in [0.2, 0.25) is 0 Å². The molecule has 2 aliphatic rings. The molecule has 1 saturated heterocycles. The summed E-state index contributed by atoms with van der Waals surface area (Å²) in [5.74, 6) is -0.688. The van der Waals surface area contributed by atoms with Crippen molar-refractivity contribution in [2.45, 2.75) is 37.5 Å². The summed E-state index contributed by atoms with van der Waals surface area (Å²) in [6, 6.07) is 8.86. The van der Waals surface area contributed by atoms with Crippen LogP contribution in [0.1, 0.15) is 36.8 Å². The highest BCUT2D eigenvalue weighted by Crippen LogP contribution is 2.45. The van der Waals surface area contributed by atoms with Crippen LogP contribution in [0.2, 0.25) is 0 Å². The van der Waals surface area contributed by atoms with Gasteiger partial charge in [0.05, 0.1) is 6.42 Å². The summed E-state index contributed by atoms with van der Waals surface area (Å²) in [7, 11) is 0. The summed E-state index contributed by atoms with van der Waals surface area (Å²) in [5, 5.41) is 8.75. The number of rotatable bonds is 3. The highest BCUT2D eigenvalue weighted by molar-refractivity contribution is 5.66. The van der Waals surface area contributed by atoms with E-state index < -0.39 is 5.97 Å². The Hall–Kier alpha value is -1.35. The highest BCUT2D eigenvalue weighted by atomic mass is 16.4. The lowest BCUT2D eigenvalue weighted by molar-refractivity contribution is -0.137. The molecule has 3 heteroatoms. The fraction of sp³-hybridized carbons (Fsp3) is 0.562. The molecule has 1 aromatic rings. The van der Waals surface area contributed by atoms with E-state index in [0.29, 0.717) is 12.0 Å². The van der Waals surface area contributed by atoms with Gasteiger partial charge in [0.15, 0.2) is 0 Å². The van der Waals surface area contributed by atoms with E-state index in [1.54, 1.807) is 5.56 Å². The van der Waals surface area contributed by atoms with Gasteiger partial charge in [-0.2, -0.15) is 0 Å². The van der Waals surface area contributed by atoms with Gasteiger partial charge >= 0.3 is 5.97 Å². The molecule has 1 spiro atoms. The van der Waals surface area contributed by atoms with E-state index in [-0.39, 0.29) is 6.42 Å². The minimum absolute atomic E-state index is 0.267. The molecule has 1 aliphatic heterocycles. The lowest BCUT2D eigenvalue weighted by Gasteiger charge is -2.40. The molecule has 0 amide bonds. The van der Waals surface area contributed by atoms with Crippen molar-refractivity contribution in [3.05, 3.63) is 35.4 Å². The fourth-order valence-corrected chi connectivity index (χ4v) is 3.74. The Morgan fingerprint density at radius 1 is 1.21 bits per heavy atom. The van der Waals surface area contributed by atoms with Crippen LogP contribution in [0, 0.1) is 0 Å². The maximum Gasteiger partial charge on any atom is 0.304 e. The Bertz CT molecular complexity index is 475. The maximum atomic E-state index is 10.6. The number of carbonyl (C=O) groups is 1. The zero-order valence-corrected chi connectivity index (χ0v) is 11.3. The number of likely N-dealkylation sites (tertiary alicyclic amines) is 1. The summed E-state index contributed by atoms with van der Waals surface area (Å²) < 4.78 is 0. The second-order valence-electron chi connectivity index (χ2n) is 5.92. The first-order chi connectivity index (χ1) is 9.20. The third-order valence-corrected chi connectivity index (χ3v) is 4.92. The first kappa shape index (κ1) is 12.7. The van der Waals surface area contributed by atoms with Crippen molar-refractivity contribution in [1.29, 1.82) is 0 Å². The van der Waals surface area contributed by atoms with Crippen LogP contribution in [0.4, 0.5) is 0 Å². The van der Waals surface area contributed by atoms with Crippen LogP contribution in [-0.4, -0.2) is 35.6 Å². The number of carboxylic acid groups (broad SMARTS) is 1. The molecule has 3 nitrogen and oxygen atoms in total. The third kappa shape index (κ3) is 2.39. The quantitative estimate of drug-likeness (QED) is 0.906. The van der Waals surface area contributed by atoms with Crippen LogP contribution in [0.5, 0.6) is 0 Å². The molecule has 0 saturated carbocycles.